The number of imidazole rings is 1. The number of thioether (sulfide) groups is 3. The Bertz CT molecular complexity index is 1490. The maximum Gasteiger partial charge on any atom is 0.413 e. The number of benzene rings is 1. The average molecular weight is 681 g/mol. The number of nitrogens with zero attached hydrogens (tertiary/aromatic N) is 4. The third-order valence-electron chi connectivity index (χ3n) is 5.77. The number of anilines is 1. The molecule has 4 rings (SSSR count). The number of nitrogens with one attached hydrogen (secondary N) is 2. The highest BCUT2D eigenvalue weighted by molar-refractivity contribution is 7.99. The molecule has 3 aromatic rings. The van der Waals surface area contributed by atoms with Gasteiger partial charge in [-0.2, -0.15) is 16.8 Å². The van der Waals surface area contributed by atoms with Gasteiger partial charge in [0.15, 0.2) is 5.16 Å². The molecule has 0 unspecified atom stereocenters. The number of carbonyl (C=O) groups is 1. The van der Waals surface area contributed by atoms with E-state index in [1.54, 1.807) is 35.3 Å². The minimum Gasteiger partial charge on any atom is -0.333 e. The van der Waals surface area contributed by atoms with Crippen molar-refractivity contribution in [2.75, 3.05) is 62.8 Å². The van der Waals surface area contributed by atoms with Gasteiger partial charge in [-0.15, -0.1) is 27.2 Å². The second-order valence-corrected chi connectivity index (χ2v) is 13.8. The fourth-order valence-corrected chi connectivity index (χ4v) is 7.03. The Kier molecular flexibility index (Phi) is 12.9. The lowest BCUT2D eigenvalue weighted by Crippen LogP contribution is -2.49. The number of piperazine rings is 1. The summed E-state index contributed by atoms with van der Waals surface area (Å²) in [5.74, 6) is 1.02. The molecule has 0 atom stereocenters. The molecule has 0 radical (unpaired) electrons. The topological polar surface area (TPSA) is 195 Å². The fraction of sp³-hybridized carbons (Fsp3) is 0.435. The quantitative estimate of drug-likeness (QED) is 0.170. The third kappa shape index (κ3) is 11.6. The molecule has 232 valence electrons. The standard InChI is InChI=1S/C23H30N6OS3.H2O7S2/c1-16-14-19(31-2)21(22(24-16)32-3)27-20(30)15-29-10-8-28(9-11-29)12-13-33-23-25-17-6-4-5-7-18(17)26-23;1-8(2,3)7-9(4,5)6/h4-7,14H,8-13,15H2,1-3H3,(H,25,26)(H,27,30);(H,1,2,3)(H,4,5,6). The molecule has 1 aliphatic heterocycles. The summed E-state index contributed by atoms with van der Waals surface area (Å²) in [5.41, 5.74) is 3.91. The maximum absolute atomic E-state index is 12.8. The van der Waals surface area contributed by atoms with Gasteiger partial charge in [0.2, 0.25) is 5.91 Å². The van der Waals surface area contributed by atoms with Crippen LogP contribution in [0.1, 0.15) is 5.69 Å². The lowest BCUT2D eigenvalue weighted by Gasteiger charge is -2.34. The van der Waals surface area contributed by atoms with Gasteiger partial charge < -0.3 is 10.3 Å². The van der Waals surface area contributed by atoms with Crippen LogP contribution in [-0.2, 0) is 29.2 Å². The first-order valence-corrected chi connectivity index (χ1v) is 18.5. The van der Waals surface area contributed by atoms with Crippen LogP contribution in [0, 0.1) is 6.92 Å². The molecule has 1 saturated heterocycles. The van der Waals surface area contributed by atoms with Crippen molar-refractivity contribution in [2.45, 2.75) is 22.0 Å². The first kappa shape index (κ1) is 34.5. The molecule has 14 nitrogen and oxygen atoms in total. The minimum absolute atomic E-state index is 0.0279. The summed E-state index contributed by atoms with van der Waals surface area (Å²) in [5, 5.41) is 4.97. The highest BCUT2D eigenvalue weighted by Gasteiger charge is 2.21. The fourth-order valence-electron chi connectivity index (χ4n) is 3.97. The van der Waals surface area contributed by atoms with Crippen LogP contribution in [0.4, 0.5) is 5.69 Å². The van der Waals surface area contributed by atoms with Crippen LogP contribution < -0.4 is 5.32 Å². The summed E-state index contributed by atoms with van der Waals surface area (Å²) < 4.78 is 55.6. The number of rotatable bonds is 11. The third-order valence-corrected chi connectivity index (χ3v) is 9.45. The number of pyridine rings is 1. The number of hydrogen-bond acceptors (Lipinski definition) is 13. The summed E-state index contributed by atoms with van der Waals surface area (Å²) in [7, 11) is -10.2. The van der Waals surface area contributed by atoms with E-state index in [1.807, 2.05) is 43.7 Å². The predicted molar refractivity (Wildman–Crippen MR) is 165 cm³/mol. The smallest absolute Gasteiger partial charge is 0.333 e. The zero-order valence-corrected chi connectivity index (χ0v) is 27.1. The van der Waals surface area contributed by atoms with Crippen molar-refractivity contribution < 1.29 is 34.4 Å². The molecule has 4 N–H and O–H groups in total. The number of amides is 1. The van der Waals surface area contributed by atoms with Crippen LogP contribution in [0.25, 0.3) is 11.0 Å². The van der Waals surface area contributed by atoms with Gasteiger partial charge in [0, 0.05) is 49.1 Å². The molecule has 2 aromatic heterocycles. The van der Waals surface area contributed by atoms with Gasteiger partial charge in [-0.1, -0.05) is 23.9 Å². The Labute approximate surface area is 257 Å². The van der Waals surface area contributed by atoms with Gasteiger partial charge in [-0.3, -0.25) is 23.7 Å². The molecule has 1 aromatic carbocycles. The largest absolute Gasteiger partial charge is 0.413 e. The van der Waals surface area contributed by atoms with Crippen molar-refractivity contribution in [1.29, 1.82) is 0 Å². The van der Waals surface area contributed by atoms with Gasteiger partial charge in [-0.25, -0.2) is 9.97 Å². The average Bonchev–Trinajstić information content (AvgIpc) is 3.31. The Balaban J connectivity index is 0.000000467. The van der Waals surface area contributed by atoms with Crippen molar-refractivity contribution in [2.24, 2.45) is 0 Å². The van der Waals surface area contributed by atoms with Gasteiger partial charge >= 0.3 is 20.8 Å². The number of para-hydroxylation sites is 2. The number of fused-ring (bicyclic) bond motifs is 1. The molecule has 42 heavy (non-hydrogen) atoms. The summed E-state index contributed by atoms with van der Waals surface area (Å²) >= 11 is 4.97. The van der Waals surface area contributed by atoms with Crippen molar-refractivity contribution in [1.82, 2.24) is 24.8 Å². The number of aromatic nitrogens is 3. The van der Waals surface area contributed by atoms with E-state index in [0.717, 1.165) is 76.0 Å². The molecule has 3 heterocycles. The van der Waals surface area contributed by atoms with Crippen molar-refractivity contribution >= 4 is 78.7 Å². The number of H-pyrrole nitrogens is 1. The molecule has 1 fully saturated rings. The normalized spacial score (nSPS) is 14.9. The summed E-state index contributed by atoms with van der Waals surface area (Å²) in [6.45, 7) is 7.18. The van der Waals surface area contributed by atoms with Crippen molar-refractivity contribution in [3.63, 3.8) is 0 Å². The Hall–Kier alpha value is -1.94. The Morgan fingerprint density at radius 3 is 2.24 bits per heavy atom. The highest BCUT2D eigenvalue weighted by atomic mass is 32.3. The van der Waals surface area contributed by atoms with E-state index in [2.05, 4.69) is 39.8 Å². The van der Waals surface area contributed by atoms with Gasteiger partial charge in [0.05, 0.1) is 23.3 Å². The van der Waals surface area contributed by atoms with Crippen LogP contribution in [0.15, 0.2) is 45.4 Å². The summed E-state index contributed by atoms with van der Waals surface area (Å²) in [6, 6.07) is 10.2. The Morgan fingerprint density at radius 2 is 1.67 bits per heavy atom. The maximum atomic E-state index is 12.8. The number of aryl methyl sites for hydroxylation is 1. The zero-order valence-electron chi connectivity index (χ0n) is 23.0. The molecule has 0 saturated carbocycles. The van der Waals surface area contributed by atoms with Crippen molar-refractivity contribution in [3.05, 3.63) is 36.0 Å². The highest BCUT2D eigenvalue weighted by Crippen LogP contribution is 2.33. The lowest BCUT2D eigenvalue weighted by molar-refractivity contribution is -0.117. The molecule has 0 aliphatic carbocycles. The number of carbonyl (C=O) groups excluding carboxylic acids is 1. The SMILES string of the molecule is CSc1cc(C)nc(SC)c1NC(=O)CN1CCN(CCSc2nc3ccccc3[nH]2)CC1.O=S(=O)(O)OS(=O)(=O)O. The Morgan fingerprint density at radius 1 is 1.02 bits per heavy atom. The van der Waals surface area contributed by atoms with Crippen LogP contribution >= 0.6 is 35.3 Å². The molecule has 1 aliphatic rings. The van der Waals surface area contributed by atoms with E-state index in [-0.39, 0.29) is 5.91 Å². The molecule has 19 heteroatoms. The van der Waals surface area contributed by atoms with E-state index in [9.17, 15) is 21.6 Å². The first-order valence-electron chi connectivity index (χ1n) is 12.3. The van der Waals surface area contributed by atoms with Crippen LogP contribution in [0.3, 0.4) is 0 Å². The van der Waals surface area contributed by atoms with E-state index in [1.165, 1.54) is 0 Å². The van der Waals surface area contributed by atoms with E-state index >= 15 is 0 Å². The molecule has 0 spiro atoms. The summed E-state index contributed by atoms with van der Waals surface area (Å²) in [4.78, 5) is 31.1. The molecular weight excluding hydrogens is 649 g/mol. The monoisotopic (exact) mass is 680 g/mol. The molecular formula is C23H32N6O8S5. The van der Waals surface area contributed by atoms with E-state index in [4.69, 9.17) is 9.11 Å². The summed E-state index contributed by atoms with van der Waals surface area (Å²) in [6.07, 6.45) is 4.02. The van der Waals surface area contributed by atoms with Crippen LogP contribution in [-0.4, -0.2) is 114 Å². The predicted octanol–water partition coefficient (Wildman–Crippen LogP) is 2.67. The number of aromatic amines is 1. The minimum atomic E-state index is -5.12. The van der Waals surface area contributed by atoms with Gasteiger partial charge in [-0.05, 0) is 37.6 Å². The second kappa shape index (κ2) is 15.7. The van der Waals surface area contributed by atoms with Crippen LogP contribution in [0.5, 0.6) is 0 Å². The zero-order chi connectivity index (χ0) is 30.9. The number of hydrogen-bond donors (Lipinski definition) is 4. The van der Waals surface area contributed by atoms with Crippen molar-refractivity contribution in [3.8, 4) is 0 Å². The van der Waals surface area contributed by atoms with E-state index in [0.29, 0.717) is 6.54 Å². The van der Waals surface area contributed by atoms with Crippen LogP contribution in [0.2, 0.25) is 0 Å². The lowest BCUT2D eigenvalue weighted by atomic mass is 10.3. The van der Waals surface area contributed by atoms with E-state index < -0.39 is 20.8 Å². The first-order chi connectivity index (χ1) is 19.8. The van der Waals surface area contributed by atoms with Gasteiger partial charge in [0.1, 0.15) is 5.03 Å². The molecule has 0 bridgehead atoms. The van der Waals surface area contributed by atoms with Gasteiger partial charge in [0.25, 0.3) is 0 Å². The second-order valence-electron chi connectivity index (χ2n) is 8.85. The molecule has 1 amide bonds.